The van der Waals surface area contributed by atoms with Gasteiger partial charge < -0.3 is 31.9 Å². The molecule has 479 valence electrons. The first-order chi connectivity index (χ1) is 41.1. The minimum absolute atomic E-state index is 0. The number of amides is 4. The van der Waals surface area contributed by atoms with Crippen molar-refractivity contribution < 1.29 is 98.8 Å². The molecule has 12 heteroatoms. The fraction of sp³-hybridized carbons (Fsp3) is 0.481. The first-order valence-electron chi connectivity index (χ1n) is 32.3. The van der Waals surface area contributed by atoms with Gasteiger partial charge in [0.05, 0.1) is 11.4 Å². The van der Waals surface area contributed by atoms with Crippen LogP contribution in [0.5, 0.6) is 0 Å². The van der Waals surface area contributed by atoms with E-state index in [2.05, 4.69) is 238 Å². The molecule has 0 radical (unpaired) electrons. The summed E-state index contributed by atoms with van der Waals surface area (Å²) >= 11 is 1.39. The second-order valence-corrected chi connectivity index (χ2v) is 28.4. The van der Waals surface area contributed by atoms with Crippen molar-refractivity contribution >= 4 is 23.6 Å². The van der Waals surface area contributed by atoms with Crippen molar-refractivity contribution in [2.75, 3.05) is 0 Å². The molecular formula is C77H109N6Nd2O4. The Balaban J connectivity index is 0.000000434. The zero-order valence-electron chi connectivity index (χ0n) is 59.0. The van der Waals surface area contributed by atoms with Crippen molar-refractivity contribution in [2.45, 2.75) is 242 Å². The number of aryl methyl sites for hydroxylation is 4. The van der Waals surface area contributed by atoms with E-state index in [1.807, 2.05) is 39.8 Å². The Bertz CT molecular complexity index is 3060. The largest absolute Gasteiger partial charge is 0 e. The summed E-state index contributed by atoms with van der Waals surface area (Å²) in [6.07, 6.45) is 10.8. The van der Waals surface area contributed by atoms with Crippen molar-refractivity contribution in [3.8, 4) is 0 Å². The van der Waals surface area contributed by atoms with E-state index in [1.54, 1.807) is 0 Å². The number of rotatable bonds is 17. The molecule has 2 heterocycles. The summed E-state index contributed by atoms with van der Waals surface area (Å²) in [5.41, 5.74) is 22.8. The van der Waals surface area contributed by atoms with Crippen molar-refractivity contribution in [3.05, 3.63) is 207 Å². The van der Waals surface area contributed by atoms with Gasteiger partial charge in [-0.15, -0.1) is 0 Å². The third-order valence-electron chi connectivity index (χ3n) is 16.2. The number of carbonyl (C=O) groups is 4. The van der Waals surface area contributed by atoms with E-state index in [1.165, 1.54) is 69.5 Å². The molecule has 6 N–H and O–H groups in total. The van der Waals surface area contributed by atoms with Crippen LogP contribution in [0.3, 0.4) is 0 Å². The summed E-state index contributed by atoms with van der Waals surface area (Å²) in [6, 6.07) is 17.0. The minimum atomic E-state index is -0.0921. The summed E-state index contributed by atoms with van der Waals surface area (Å²) in [5, 5.41) is 19.6. The normalized spacial score (nSPS) is 15.2. The van der Waals surface area contributed by atoms with E-state index in [0.717, 1.165) is 112 Å². The Hall–Kier alpha value is -4.50. The van der Waals surface area contributed by atoms with Gasteiger partial charge in [0.25, 0.3) is 23.6 Å². The van der Waals surface area contributed by atoms with Crippen LogP contribution in [0.4, 0.5) is 0 Å². The number of nitrogens with one attached hydrogen (secondary N) is 6. The Labute approximate surface area is 597 Å². The van der Waals surface area contributed by atoms with Crippen LogP contribution in [0.1, 0.15) is 320 Å². The molecule has 89 heavy (non-hydrogen) atoms. The van der Waals surface area contributed by atoms with Crippen LogP contribution in [0.15, 0.2) is 118 Å². The smallest absolute Gasteiger partial charge is 0 e. The average molecular weight is 1470 g/mol. The van der Waals surface area contributed by atoms with E-state index >= 15 is 0 Å². The van der Waals surface area contributed by atoms with E-state index in [0.29, 0.717) is 12.8 Å². The Morgan fingerprint density at radius 2 is 0.562 bits per heavy atom. The number of hydrogen-bond acceptors (Lipinski definition) is 6. The molecule has 0 atom stereocenters. The molecule has 0 saturated carbocycles. The topological polar surface area (TPSA) is 140 Å². The number of carbonyl (C=O) groups excluding carboxylic acids is 4. The molecule has 10 nitrogen and oxygen atoms in total. The molecule has 2 aliphatic rings. The van der Waals surface area contributed by atoms with Gasteiger partial charge in [0, 0.05) is 110 Å². The second kappa shape index (κ2) is 36.1. The molecule has 4 aromatic carbocycles. The molecule has 0 aliphatic carbocycles. The van der Waals surface area contributed by atoms with Gasteiger partial charge in [0.1, 0.15) is 0 Å². The molecule has 0 spiro atoms. The van der Waals surface area contributed by atoms with E-state index in [4.69, 9.17) is 0 Å². The maximum atomic E-state index is 13.7. The van der Waals surface area contributed by atoms with Gasteiger partial charge in [-0.3, -0.25) is 19.2 Å². The average Bonchev–Trinajstić information content (AvgIpc) is 1.39. The van der Waals surface area contributed by atoms with Crippen molar-refractivity contribution in [1.82, 2.24) is 31.9 Å². The van der Waals surface area contributed by atoms with Gasteiger partial charge in [-0.2, -0.15) is 0 Å². The third kappa shape index (κ3) is 21.5. The molecule has 4 aromatic rings. The molecule has 0 bridgehead atoms. The van der Waals surface area contributed by atoms with Crippen LogP contribution in [-0.4, -0.2) is 23.6 Å². The summed E-state index contributed by atoms with van der Waals surface area (Å²) in [5.74, 6) is 1.48. The number of benzene rings is 4. The number of hydrogen-bond donors (Lipinski definition) is 6. The van der Waals surface area contributed by atoms with Crippen LogP contribution >= 0.6 is 0 Å². The maximum Gasteiger partial charge on any atom is 0 e. The summed E-state index contributed by atoms with van der Waals surface area (Å²) in [6.45, 7) is 52.4. The summed E-state index contributed by atoms with van der Waals surface area (Å²) in [4.78, 5) is 54.8. The van der Waals surface area contributed by atoms with Gasteiger partial charge in [0.2, 0.25) is 0 Å². The molecular weight excluding hydrogens is 1360 g/mol. The zero-order chi connectivity index (χ0) is 66.3. The second-order valence-electron chi connectivity index (χ2n) is 26.8. The zero-order valence-corrected chi connectivity index (χ0v) is 65.4. The van der Waals surface area contributed by atoms with Crippen molar-refractivity contribution in [3.63, 3.8) is 0 Å². The van der Waals surface area contributed by atoms with Crippen LogP contribution in [0.25, 0.3) is 0 Å². The van der Waals surface area contributed by atoms with Gasteiger partial charge in [-0.25, -0.2) is 0 Å². The van der Waals surface area contributed by atoms with Crippen LogP contribution in [0, 0.1) is 107 Å². The Morgan fingerprint density at radius 3 is 0.730 bits per heavy atom. The molecule has 0 fully saturated rings. The SMILES string of the molecule is CC(NC(=O)c1c(C(C)C)cc(C)cc1C(C)C)=C1C=CCC(=C(C)NC(=O)c2c(C(C)C)cc(C)cc2C(C)C)N1.CC(NC(=O)c1c(C(C)C)cc(C)cc1C(C)C)=C1C=CCC(=C(C)NC(=O)c2c(C(C)C)cc(C)cc2C(C)C)N1.CC[CH2][Nd].[Nd]. The number of allylic oxidation sites excluding steroid dienone is 8. The van der Waals surface area contributed by atoms with Crippen molar-refractivity contribution in [1.29, 1.82) is 0 Å². The first kappa shape index (κ1) is 78.7. The predicted octanol–water partition coefficient (Wildman–Crippen LogP) is 19.3. The van der Waals surface area contributed by atoms with Gasteiger partial charge >= 0.3 is 54.2 Å². The quantitative estimate of drug-likeness (QED) is 0.0622. The standard InChI is InChI=1S/2C37H51N3O2.C3H7.2Nd/c2*1-20(2)28-16-24(9)17-29(21(3)4)34(28)36(41)38-26(11)32-14-13-15-33(40-32)27(12)39-37(42)35-30(22(5)6)18-25(10)19-31(35)23(7)8;1-3-2;;/h2*13-14,16-23,40H,15H2,1-12H3,(H,38,41)(H,39,42);1,3H2,2H3;;. The van der Waals surface area contributed by atoms with E-state index in [9.17, 15) is 19.2 Å². The molecule has 0 saturated heterocycles. The maximum absolute atomic E-state index is 13.7. The minimum Gasteiger partial charge on any atom is 0 e. The third-order valence-corrected chi connectivity index (χ3v) is 17.8. The van der Waals surface area contributed by atoms with Crippen LogP contribution in [0.2, 0.25) is 2.07 Å². The summed E-state index contributed by atoms with van der Waals surface area (Å²) in [7, 11) is 0. The fourth-order valence-corrected chi connectivity index (χ4v) is 11.3. The first-order valence-corrected chi connectivity index (χ1v) is 34.6. The van der Waals surface area contributed by atoms with Crippen molar-refractivity contribution in [2.24, 2.45) is 0 Å². The summed E-state index contributed by atoms with van der Waals surface area (Å²) < 4.78 is 1.46. The van der Waals surface area contributed by atoms with Gasteiger partial charge in [0.15, 0.2) is 0 Å². The molecule has 0 unspecified atom stereocenters. The van der Waals surface area contributed by atoms with Crippen LogP contribution < -0.4 is 31.9 Å². The predicted molar refractivity (Wildman–Crippen MR) is 367 cm³/mol. The fourth-order valence-electron chi connectivity index (χ4n) is 11.3. The Kier molecular flexibility index (Phi) is 31.9. The molecule has 4 amide bonds. The Morgan fingerprint density at radius 1 is 0.382 bits per heavy atom. The van der Waals surface area contributed by atoms with Gasteiger partial charge in [-0.1, -0.05) is 194 Å². The molecule has 2 aliphatic heterocycles. The molecule has 6 rings (SSSR count). The van der Waals surface area contributed by atoms with Crippen LogP contribution in [-0.2, 0) is 0 Å². The molecule has 0 aromatic heterocycles. The van der Waals surface area contributed by atoms with E-state index < -0.39 is 0 Å². The van der Waals surface area contributed by atoms with Gasteiger partial charge in [-0.05, 0) is 159 Å². The van der Waals surface area contributed by atoms with E-state index in [-0.39, 0.29) is 112 Å². The monoisotopic (exact) mass is 1470 g/mol.